The number of aromatic nitrogens is 2. The van der Waals surface area contributed by atoms with Crippen LogP contribution in [0, 0.1) is 11.6 Å². The summed E-state index contributed by atoms with van der Waals surface area (Å²) in [5, 5.41) is 15.6. The number of rotatable bonds is 6. The van der Waals surface area contributed by atoms with Crippen LogP contribution in [0.15, 0.2) is 42.6 Å². The van der Waals surface area contributed by atoms with Gasteiger partial charge in [0.1, 0.15) is 23.1 Å². The van der Waals surface area contributed by atoms with Crippen molar-refractivity contribution in [2.45, 2.75) is 19.6 Å². The van der Waals surface area contributed by atoms with Crippen LogP contribution in [-0.2, 0) is 6.61 Å². The third-order valence-electron chi connectivity index (χ3n) is 5.60. The third kappa shape index (κ3) is 4.82. The molecule has 10 heteroatoms. The fraction of sp³-hybridized carbons (Fsp3) is 0.292. The molecule has 1 aromatic heterocycles. The van der Waals surface area contributed by atoms with Crippen LogP contribution in [0.4, 0.5) is 20.2 Å². The molecular weight excluding hydrogens is 444 g/mol. The second-order valence-electron chi connectivity index (χ2n) is 7.96. The molecule has 3 aromatic rings. The van der Waals surface area contributed by atoms with Crippen molar-refractivity contribution in [3.63, 3.8) is 0 Å². The van der Waals surface area contributed by atoms with Crippen molar-refractivity contribution >= 4 is 17.3 Å². The fourth-order valence-corrected chi connectivity index (χ4v) is 3.92. The molecular formula is C24H25F2N5O3. The molecule has 0 spiro atoms. The molecule has 8 nitrogen and oxygen atoms in total. The molecule has 34 heavy (non-hydrogen) atoms. The van der Waals surface area contributed by atoms with Crippen molar-refractivity contribution in [1.82, 2.24) is 15.3 Å². The van der Waals surface area contributed by atoms with Crippen molar-refractivity contribution in [3.8, 4) is 17.1 Å². The number of amides is 1. The number of hydrogen-bond donors (Lipinski definition) is 3. The van der Waals surface area contributed by atoms with Gasteiger partial charge in [0.15, 0.2) is 5.82 Å². The highest BCUT2D eigenvalue weighted by Gasteiger charge is 2.23. The van der Waals surface area contributed by atoms with E-state index >= 15 is 0 Å². The molecule has 0 aliphatic carbocycles. The summed E-state index contributed by atoms with van der Waals surface area (Å²) < 4.78 is 34.2. The maximum absolute atomic E-state index is 14.5. The Bertz CT molecular complexity index is 1210. The summed E-state index contributed by atoms with van der Waals surface area (Å²) in [6, 6.07) is 8.63. The van der Waals surface area contributed by atoms with Crippen molar-refractivity contribution in [3.05, 3.63) is 65.5 Å². The molecule has 0 unspecified atom stereocenters. The molecule has 1 saturated heterocycles. The number of aliphatic hydroxyl groups is 1. The lowest BCUT2D eigenvalue weighted by Gasteiger charge is -2.35. The molecule has 178 valence electrons. The van der Waals surface area contributed by atoms with Gasteiger partial charge in [-0.25, -0.2) is 18.7 Å². The Morgan fingerprint density at radius 2 is 2.12 bits per heavy atom. The Morgan fingerprint density at radius 1 is 1.29 bits per heavy atom. The summed E-state index contributed by atoms with van der Waals surface area (Å²) in [5.74, 6) is -1.62. The second kappa shape index (κ2) is 10.1. The van der Waals surface area contributed by atoms with E-state index in [1.807, 2.05) is 11.8 Å². The Kier molecular flexibility index (Phi) is 6.99. The molecule has 3 N–H and O–H groups in total. The van der Waals surface area contributed by atoms with E-state index in [1.165, 1.54) is 37.6 Å². The van der Waals surface area contributed by atoms with E-state index in [2.05, 4.69) is 20.6 Å². The number of carbonyl (C=O) groups excluding carboxylic acids is 1. The van der Waals surface area contributed by atoms with Gasteiger partial charge in [0.05, 0.1) is 30.7 Å². The zero-order valence-electron chi connectivity index (χ0n) is 18.8. The molecule has 0 saturated carbocycles. The molecule has 1 aliphatic heterocycles. The first-order valence-electron chi connectivity index (χ1n) is 10.8. The first-order chi connectivity index (χ1) is 16.4. The topological polar surface area (TPSA) is 99.6 Å². The number of piperazine rings is 1. The van der Waals surface area contributed by atoms with Crippen LogP contribution >= 0.6 is 0 Å². The summed E-state index contributed by atoms with van der Waals surface area (Å²) in [4.78, 5) is 23.4. The van der Waals surface area contributed by atoms with E-state index in [4.69, 9.17) is 4.74 Å². The van der Waals surface area contributed by atoms with Gasteiger partial charge in [-0.1, -0.05) is 6.07 Å². The Labute approximate surface area is 195 Å². The minimum Gasteiger partial charge on any atom is -0.496 e. The number of methoxy groups -OCH3 is 1. The van der Waals surface area contributed by atoms with Crippen molar-refractivity contribution in [2.24, 2.45) is 0 Å². The molecule has 0 bridgehead atoms. The van der Waals surface area contributed by atoms with E-state index in [0.29, 0.717) is 18.8 Å². The first kappa shape index (κ1) is 23.5. The minimum absolute atomic E-state index is 0.0134. The van der Waals surface area contributed by atoms with Crippen molar-refractivity contribution in [2.75, 3.05) is 37.0 Å². The molecule has 1 atom stereocenters. The quantitative estimate of drug-likeness (QED) is 0.511. The number of benzene rings is 2. The van der Waals surface area contributed by atoms with E-state index in [1.54, 1.807) is 12.1 Å². The summed E-state index contributed by atoms with van der Waals surface area (Å²) in [6.45, 7) is 3.58. The lowest BCUT2D eigenvalue weighted by atomic mass is 10.1. The number of anilines is 2. The van der Waals surface area contributed by atoms with Gasteiger partial charge >= 0.3 is 0 Å². The molecule has 0 radical (unpaired) electrons. The summed E-state index contributed by atoms with van der Waals surface area (Å²) in [6.07, 6.45) is 1.34. The van der Waals surface area contributed by atoms with Crippen LogP contribution in [0.3, 0.4) is 0 Å². The summed E-state index contributed by atoms with van der Waals surface area (Å²) >= 11 is 0. The number of nitrogens with one attached hydrogen (secondary N) is 2. The Balaban J connectivity index is 1.67. The lowest BCUT2D eigenvalue weighted by Crippen LogP contribution is -2.49. The van der Waals surface area contributed by atoms with Crippen LogP contribution in [0.2, 0.25) is 0 Å². The number of aliphatic hydroxyl groups excluding tert-OH is 1. The third-order valence-corrected chi connectivity index (χ3v) is 5.60. The first-order valence-corrected chi connectivity index (χ1v) is 10.8. The van der Waals surface area contributed by atoms with Crippen LogP contribution in [0.25, 0.3) is 11.4 Å². The molecule has 1 fully saturated rings. The van der Waals surface area contributed by atoms with E-state index in [0.717, 1.165) is 6.54 Å². The van der Waals surface area contributed by atoms with Gasteiger partial charge in [-0.05, 0) is 37.3 Å². The predicted molar refractivity (Wildman–Crippen MR) is 124 cm³/mol. The Morgan fingerprint density at radius 3 is 2.85 bits per heavy atom. The van der Waals surface area contributed by atoms with Crippen molar-refractivity contribution < 1.29 is 23.4 Å². The Hall–Kier alpha value is -3.63. The highest BCUT2D eigenvalue weighted by molar-refractivity contribution is 6.05. The average Bonchev–Trinajstić information content (AvgIpc) is 2.84. The molecule has 1 aliphatic rings. The average molecular weight is 469 g/mol. The molecule has 1 amide bonds. The number of halogens is 2. The molecule has 4 rings (SSSR count). The second-order valence-corrected chi connectivity index (χ2v) is 7.96. The van der Waals surface area contributed by atoms with E-state index in [-0.39, 0.29) is 40.1 Å². The minimum atomic E-state index is -0.635. The molecule has 2 heterocycles. The van der Waals surface area contributed by atoms with Crippen LogP contribution < -0.4 is 20.3 Å². The van der Waals surface area contributed by atoms with Gasteiger partial charge in [-0.3, -0.25) is 4.79 Å². The summed E-state index contributed by atoms with van der Waals surface area (Å²) in [5.41, 5.74) is 0.986. The number of ether oxygens (including phenoxy) is 1. The number of carbonyl (C=O) groups is 1. The zero-order valence-corrected chi connectivity index (χ0v) is 18.8. The predicted octanol–water partition coefficient (Wildman–Crippen LogP) is 2.97. The lowest BCUT2D eigenvalue weighted by molar-refractivity contribution is 0.102. The van der Waals surface area contributed by atoms with E-state index < -0.39 is 24.1 Å². The SMILES string of the molecule is COc1cccc(F)c1-c1nccc(C(=O)Nc2cc(F)c(CO)cc2N2CCN[C@@H](C)C2)n1. The smallest absolute Gasteiger partial charge is 0.274 e. The van der Waals surface area contributed by atoms with Gasteiger partial charge in [0, 0.05) is 37.4 Å². The van der Waals surface area contributed by atoms with Gasteiger partial charge < -0.3 is 25.4 Å². The number of nitrogens with zero attached hydrogens (tertiary/aromatic N) is 3. The summed E-state index contributed by atoms with van der Waals surface area (Å²) in [7, 11) is 1.40. The van der Waals surface area contributed by atoms with Gasteiger partial charge in [-0.15, -0.1) is 0 Å². The van der Waals surface area contributed by atoms with Gasteiger partial charge in [0.25, 0.3) is 5.91 Å². The van der Waals surface area contributed by atoms with Crippen LogP contribution in [0.5, 0.6) is 5.75 Å². The maximum atomic E-state index is 14.5. The number of hydrogen-bond acceptors (Lipinski definition) is 7. The maximum Gasteiger partial charge on any atom is 0.274 e. The zero-order chi connectivity index (χ0) is 24.2. The molecule has 2 aromatic carbocycles. The fourth-order valence-electron chi connectivity index (χ4n) is 3.92. The van der Waals surface area contributed by atoms with Crippen LogP contribution in [0.1, 0.15) is 23.0 Å². The van der Waals surface area contributed by atoms with Crippen LogP contribution in [-0.4, -0.2) is 53.8 Å². The van der Waals surface area contributed by atoms with Gasteiger partial charge in [0.2, 0.25) is 0 Å². The monoisotopic (exact) mass is 469 g/mol. The standard InChI is InChI=1S/C24H25F2N5O3/c1-14-12-31(9-8-27-14)20-10-15(13-32)17(26)11-19(20)30-24(33)18-6-7-28-23(29-18)22-16(25)4-3-5-21(22)34-2/h3-7,10-11,14,27,32H,8-9,12-13H2,1-2H3,(H,30,33)/t14-/m0/s1. The van der Waals surface area contributed by atoms with E-state index in [9.17, 15) is 18.7 Å². The highest BCUT2D eigenvalue weighted by atomic mass is 19.1. The van der Waals surface area contributed by atoms with Gasteiger partial charge in [-0.2, -0.15) is 0 Å². The largest absolute Gasteiger partial charge is 0.496 e. The highest BCUT2D eigenvalue weighted by Crippen LogP contribution is 2.32. The normalized spacial score (nSPS) is 15.8. The van der Waals surface area contributed by atoms with Crippen molar-refractivity contribution in [1.29, 1.82) is 0 Å².